The Kier molecular flexibility index (Phi) is 3.16. The molecule has 0 unspecified atom stereocenters. The fraction of sp³-hybridized carbons (Fsp3) is 0.455. The number of nitrogens with two attached hydrogens (primary N) is 1. The van der Waals surface area contributed by atoms with Crippen molar-refractivity contribution < 1.29 is 0 Å². The Hall–Kier alpha value is -1.96. The Labute approximate surface area is 114 Å². The molecule has 8 heteroatoms. The lowest BCUT2D eigenvalue weighted by atomic mass is 10.3. The van der Waals surface area contributed by atoms with Gasteiger partial charge in [0, 0.05) is 19.1 Å². The summed E-state index contributed by atoms with van der Waals surface area (Å²) in [5.41, 5.74) is 6.69. The van der Waals surface area contributed by atoms with Crippen molar-refractivity contribution in [1.82, 2.24) is 20.4 Å². The molecule has 3 heterocycles. The Morgan fingerprint density at radius 3 is 3.05 bits per heavy atom. The smallest absolute Gasteiger partial charge is 0.207 e. The fourth-order valence-corrected chi connectivity index (χ4v) is 2.74. The van der Waals surface area contributed by atoms with Crippen molar-refractivity contribution in [1.29, 1.82) is 0 Å². The molecule has 0 spiro atoms. The number of nitrogen functional groups attached to an aromatic ring is 1. The molecule has 3 N–H and O–H groups in total. The van der Waals surface area contributed by atoms with Crippen LogP contribution in [0.3, 0.4) is 0 Å². The number of aryl methyl sites for hydroxylation is 1. The summed E-state index contributed by atoms with van der Waals surface area (Å²) >= 11 is 1.37. The van der Waals surface area contributed by atoms with E-state index < -0.39 is 0 Å². The highest BCUT2D eigenvalue weighted by atomic mass is 32.1. The normalized spacial score (nSPS) is 18.8. The first-order valence-electron chi connectivity index (χ1n) is 6.10. The minimum Gasteiger partial charge on any atom is -0.374 e. The number of hydrogen-bond donors (Lipinski definition) is 2. The van der Waals surface area contributed by atoms with Gasteiger partial charge in [-0.1, -0.05) is 11.3 Å². The molecular formula is C11H15N7S. The first kappa shape index (κ1) is 12.1. The minimum atomic E-state index is 0.342. The average Bonchev–Trinajstić information content (AvgIpc) is 2.99. The van der Waals surface area contributed by atoms with Crippen molar-refractivity contribution in [2.75, 3.05) is 29.0 Å². The molecule has 3 rings (SSSR count). The zero-order valence-corrected chi connectivity index (χ0v) is 11.4. The first-order valence-corrected chi connectivity index (χ1v) is 6.92. The van der Waals surface area contributed by atoms with Gasteiger partial charge in [-0.15, -0.1) is 15.3 Å². The molecule has 0 radical (unpaired) electrons. The van der Waals surface area contributed by atoms with E-state index in [2.05, 4.69) is 36.7 Å². The van der Waals surface area contributed by atoms with E-state index in [1.165, 1.54) is 11.3 Å². The average molecular weight is 277 g/mol. The minimum absolute atomic E-state index is 0.342. The lowest BCUT2D eigenvalue weighted by Crippen LogP contribution is -2.26. The molecule has 1 aliphatic heterocycles. The molecule has 2 aromatic rings. The van der Waals surface area contributed by atoms with Crippen molar-refractivity contribution in [3.8, 4) is 0 Å². The second-order valence-corrected chi connectivity index (χ2v) is 5.62. The Morgan fingerprint density at radius 1 is 1.42 bits per heavy atom. The summed E-state index contributed by atoms with van der Waals surface area (Å²) in [4.78, 5) is 2.22. The standard InChI is InChI=1S/C11H15N7S/c1-7-4-9(15-13-5-7)18-3-2-8(6-18)14-11-17-16-10(12)19-11/h4-5,8H,2-3,6H2,1H3,(H2,12,16)(H,14,17)/t8-/m1/s1. The molecular weight excluding hydrogens is 262 g/mol. The third-order valence-electron chi connectivity index (χ3n) is 3.06. The summed E-state index contributed by atoms with van der Waals surface area (Å²) in [5.74, 6) is 0.932. The number of anilines is 3. The zero-order valence-electron chi connectivity index (χ0n) is 10.6. The third-order valence-corrected chi connectivity index (χ3v) is 3.74. The van der Waals surface area contributed by atoms with Crippen molar-refractivity contribution in [3.05, 3.63) is 17.8 Å². The van der Waals surface area contributed by atoms with Gasteiger partial charge in [0.25, 0.3) is 0 Å². The lowest BCUT2D eigenvalue weighted by Gasteiger charge is -2.17. The van der Waals surface area contributed by atoms with Crippen molar-refractivity contribution in [2.45, 2.75) is 19.4 Å². The highest BCUT2D eigenvalue weighted by Crippen LogP contribution is 2.23. The number of aromatic nitrogens is 4. The van der Waals surface area contributed by atoms with Gasteiger partial charge in [0.2, 0.25) is 10.3 Å². The highest BCUT2D eigenvalue weighted by molar-refractivity contribution is 7.18. The monoisotopic (exact) mass is 277 g/mol. The van der Waals surface area contributed by atoms with Gasteiger partial charge in [-0.25, -0.2) is 0 Å². The summed E-state index contributed by atoms with van der Waals surface area (Å²) in [6.45, 7) is 3.87. The van der Waals surface area contributed by atoms with Crippen molar-refractivity contribution >= 4 is 27.4 Å². The molecule has 0 amide bonds. The fourth-order valence-electron chi connectivity index (χ4n) is 2.16. The number of nitrogens with zero attached hydrogens (tertiary/aromatic N) is 5. The molecule has 2 aromatic heterocycles. The number of nitrogens with one attached hydrogen (secondary N) is 1. The van der Waals surface area contributed by atoms with Gasteiger partial charge in [-0.3, -0.25) is 0 Å². The SMILES string of the molecule is Cc1cnnc(N2CC[C@@H](Nc3nnc(N)s3)C2)c1. The second kappa shape index (κ2) is 4.96. The molecule has 0 aromatic carbocycles. The first-order chi connectivity index (χ1) is 9.20. The van der Waals surface area contributed by atoms with Crippen LogP contribution in [0.15, 0.2) is 12.3 Å². The molecule has 100 valence electrons. The van der Waals surface area contributed by atoms with Crippen LogP contribution in [0.25, 0.3) is 0 Å². The van der Waals surface area contributed by atoms with Crippen LogP contribution in [0.1, 0.15) is 12.0 Å². The van der Waals surface area contributed by atoms with Crippen LogP contribution in [0.2, 0.25) is 0 Å². The van der Waals surface area contributed by atoms with Crippen LogP contribution < -0.4 is 16.0 Å². The summed E-state index contributed by atoms with van der Waals surface area (Å²) in [6.07, 6.45) is 2.80. The van der Waals surface area contributed by atoms with E-state index in [1.54, 1.807) is 6.20 Å². The molecule has 1 saturated heterocycles. The van der Waals surface area contributed by atoms with Gasteiger partial charge in [0.1, 0.15) is 0 Å². The van der Waals surface area contributed by atoms with Gasteiger partial charge in [-0.05, 0) is 25.0 Å². The molecule has 0 saturated carbocycles. The van der Waals surface area contributed by atoms with Crippen LogP contribution in [-0.4, -0.2) is 39.5 Å². The van der Waals surface area contributed by atoms with Crippen LogP contribution in [0.5, 0.6) is 0 Å². The van der Waals surface area contributed by atoms with E-state index in [1.807, 2.05) is 6.92 Å². The molecule has 1 aliphatic rings. The van der Waals surface area contributed by atoms with E-state index in [-0.39, 0.29) is 0 Å². The number of hydrogen-bond acceptors (Lipinski definition) is 8. The van der Waals surface area contributed by atoms with Crippen molar-refractivity contribution in [2.24, 2.45) is 0 Å². The van der Waals surface area contributed by atoms with Gasteiger partial charge in [0.15, 0.2) is 5.82 Å². The summed E-state index contributed by atoms with van der Waals surface area (Å²) in [5, 5.41) is 20.6. The van der Waals surface area contributed by atoms with E-state index in [9.17, 15) is 0 Å². The van der Waals surface area contributed by atoms with Crippen LogP contribution >= 0.6 is 11.3 Å². The third kappa shape index (κ3) is 2.73. The van der Waals surface area contributed by atoms with Crippen LogP contribution in [-0.2, 0) is 0 Å². The van der Waals surface area contributed by atoms with E-state index in [4.69, 9.17) is 5.73 Å². The maximum Gasteiger partial charge on any atom is 0.207 e. The highest BCUT2D eigenvalue weighted by Gasteiger charge is 2.24. The Morgan fingerprint density at radius 2 is 2.32 bits per heavy atom. The largest absolute Gasteiger partial charge is 0.374 e. The predicted octanol–water partition coefficient (Wildman–Crippen LogP) is 0.910. The quantitative estimate of drug-likeness (QED) is 0.861. The molecule has 1 fully saturated rings. The molecule has 19 heavy (non-hydrogen) atoms. The molecule has 7 nitrogen and oxygen atoms in total. The molecule has 0 bridgehead atoms. The van der Waals surface area contributed by atoms with Gasteiger partial charge >= 0.3 is 0 Å². The van der Waals surface area contributed by atoms with Crippen LogP contribution in [0, 0.1) is 6.92 Å². The van der Waals surface area contributed by atoms with Gasteiger partial charge < -0.3 is 16.0 Å². The van der Waals surface area contributed by atoms with E-state index in [0.717, 1.165) is 36.0 Å². The van der Waals surface area contributed by atoms with E-state index >= 15 is 0 Å². The second-order valence-electron chi connectivity index (χ2n) is 4.61. The lowest BCUT2D eigenvalue weighted by molar-refractivity contribution is 0.799. The zero-order chi connectivity index (χ0) is 13.2. The molecule has 1 atom stereocenters. The summed E-state index contributed by atoms with van der Waals surface area (Å²) in [7, 11) is 0. The topological polar surface area (TPSA) is 92.9 Å². The maximum absolute atomic E-state index is 5.56. The summed E-state index contributed by atoms with van der Waals surface area (Å²) in [6, 6.07) is 2.40. The summed E-state index contributed by atoms with van der Waals surface area (Å²) < 4.78 is 0. The Bertz CT molecular complexity index is 570. The maximum atomic E-state index is 5.56. The van der Waals surface area contributed by atoms with Gasteiger partial charge in [-0.2, -0.15) is 5.10 Å². The van der Waals surface area contributed by atoms with E-state index in [0.29, 0.717) is 11.2 Å². The molecule has 0 aliphatic carbocycles. The predicted molar refractivity (Wildman–Crippen MR) is 75.3 cm³/mol. The number of rotatable bonds is 3. The van der Waals surface area contributed by atoms with Crippen LogP contribution in [0.4, 0.5) is 16.1 Å². The van der Waals surface area contributed by atoms with Crippen molar-refractivity contribution in [3.63, 3.8) is 0 Å². The Balaban J connectivity index is 1.64. The van der Waals surface area contributed by atoms with Gasteiger partial charge in [0.05, 0.1) is 6.20 Å².